The molecule has 0 bridgehead atoms. The Bertz CT molecular complexity index is 448. The Hall–Kier alpha value is -1.71. The molecule has 1 heterocycles. The molecular weight excluding hydrogens is 180 g/mol. The highest BCUT2D eigenvalue weighted by Gasteiger charge is 2.05. The van der Waals surface area contributed by atoms with Crippen molar-refractivity contribution in [1.29, 1.82) is 0 Å². The highest BCUT2D eigenvalue weighted by Crippen LogP contribution is 2.18. The first-order valence-electron chi connectivity index (χ1n) is 4.51. The van der Waals surface area contributed by atoms with Gasteiger partial charge in [-0.1, -0.05) is 4.85 Å². The number of aromatic nitrogens is 2. The van der Waals surface area contributed by atoms with Crippen molar-refractivity contribution >= 4 is 10.9 Å². The van der Waals surface area contributed by atoms with E-state index in [0.717, 1.165) is 10.9 Å². The molecule has 0 saturated heterocycles. The standard InChI is InChI=1S/C10H12N2O2/c1-7(2)14-12-10-5-9(13)4-3-8(10)6-11-12/h3-7,13H,1-2H3. The van der Waals surface area contributed by atoms with Crippen LogP contribution in [0.3, 0.4) is 0 Å². The number of phenolic OH excluding ortho intramolecular Hbond substituents is 1. The summed E-state index contributed by atoms with van der Waals surface area (Å²) in [7, 11) is 0. The molecule has 0 aliphatic rings. The van der Waals surface area contributed by atoms with Crippen LogP contribution in [0.25, 0.3) is 10.9 Å². The van der Waals surface area contributed by atoms with E-state index in [9.17, 15) is 5.11 Å². The van der Waals surface area contributed by atoms with Crippen LogP contribution in [0.4, 0.5) is 0 Å². The second-order valence-electron chi connectivity index (χ2n) is 3.41. The van der Waals surface area contributed by atoms with Crippen LogP contribution in [-0.4, -0.2) is 21.2 Å². The second kappa shape index (κ2) is 3.21. The predicted molar refractivity (Wildman–Crippen MR) is 53.1 cm³/mol. The minimum atomic E-state index is 0.0560. The van der Waals surface area contributed by atoms with Gasteiger partial charge in [0.15, 0.2) is 0 Å². The summed E-state index contributed by atoms with van der Waals surface area (Å²) in [5, 5.41) is 14.3. The van der Waals surface area contributed by atoms with E-state index in [-0.39, 0.29) is 11.9 Å². The monoisotopic (exact) mass is 192 g/mol. The third-order valence-corrected chi connectivity index (χ3v) is 1.83. The average molecular weight is 192 g/mol. The maximum atomic E-state index is 9.31. The van der Waals surface area contributed by atoms with Crippen molar-refractivity contribution in [3.05, 3.63) is 24.4 Å². The van der Waals surface area contributed by atoms with Crippen LogP contribution in [0.1, 0.15) is 13.8 Å². The molecule has 0 amide bonds. The van der Waals surface area contributed by atoms with Crippen molar-refractivity contribution in [1.82, 2.24) is 9.94 Å². The quantitative estimate of drug-likeness (QED) is 0.785. The molecule has 2 rings (SSSR count). The minimum Gasteiger partial charge on any atom is -0.508 e. The molecule has 0 aliphatic carbocycles. The van der Waals surface area contributed by atoms with E-state index in [4.69, 9.17) is 4.84 Å². The molecule has 0 aliphatic heterocycles. The predicted octanol–water partition coefficient (Wildman–Crippen LogP) is 1.58. The first kappa shape index (κ1) is 8.87. The van der Waals surface area contributed by atoms with Gasteiger partial charge < -0.3 is 9.94 Å². The normalized spacial score (nSPS) is 11.1. The SMILES string of the molecule is CC(C)On1ncc2ccc(O)cc21. The number of phenols is 1. The summed E-state index contributed by atoms with van der Waals surface area (Å²) in [6.07, 6.45) is 1.76. The zero-order valence-electron chi connectivity index (χ0n) is 8.14. The summed E-state index contributed by atoms with van der Waals surface area (Å²) < 4.78 is 0. The molecule has 74 valence electrons. The summed E-state index contributed by atoms with van der Waals surface area (Å²) in [5.41, 5.74) is 0.777. The summed E-state index contributed by atoms with van der Waals surface area (Å²) >= 11 is 0. The second-order valence-corrected chi connectivity index (χ2v) is 3.41. The fraction of sp³-hybridized carbons (Fsp3) is 0.300. The fourth-order valence-electron chi connectivity index (χ4n) is 1.27. The van der Waals surface area contributed by atoms with Gasteiger partial charge in [-0.05, 0) is 26.0 Å². The minimum absolute atomic E-state index is 0.0560. The lowest BCUT2D eigenvalue weighted by molar-refractivity contribution is 0.0444. The van der Waals surface area contributed by atoms with Gasteiger partial charge in [-0.15, -0.1) is 5.10 Å². The van der Waals surface area contributed by atoms with Gasteiger partial charge in [0.25, 0.3) is 0 Å². The Morgan fingerprint density at radius 2 is 2.21 bits per heavy atom. The largest absolute Gasteiger partial charge is 0.508 e. The number of benzene rings is 1. The molecule has 1 aromatic heterocycles. The van der Waals surface area contributed by atoms with E-state index in [1.807, 2.05) is 13.8 Å². The molecule has 4 heteroatoms. The van der Waals surface area contributed by atoms with Crippen LogP contribution in [0.15, 0.2) is 24.4 Å². The molecule has 0 radical (unpaired) electrons. The van der Waals surface area contributed by atoms with Gasteiger partial charge in [-0.25, -0.2) is 0 Å². The zero-order chi connectivity index (χ0) is 10.1. The number of aromatic hydroxyl groups is 1. The lowest BCUT2D eigenvalue weighted by Gasteiger charge is -2.08. The zero-order valence-corrected chi connectivity index (χ0v) is 8.14. The van der Waals surface area contributed by atoms with Crippen LogP contribution >= 0.6 is 0 Å². The molecule has 0 saturated carbocycles. The van der Waals surface area contributed by atoms with E-state index in [1.165, 1.54) is 4.85 Å². The van der Waals surface area contributed by atoms with E-state index in [0.29, 0.717) is 0 Å². The molecule has 14 heavy (non-hydrogen) atoms. The number of hydrogen-bond donors (Lipinski definition) is 1. The van der Waals surface area contributed by atoms with E-state index in [1.54, 1.807) is 24.4 Å². The molecule has 0 atom stereocenters. The molecular formula is C10H12N2O2. The Kier molecular flexibility index (Phi) is 2.04. The Morgan fingerprint density at radius 3 is 2.93 bits per heavy atom. The van der Waals surface area contributed by atoms with E-state index >= 15 is 0 Å². The fourth-order valence-corrected chi connectivity index (χ4v) is 1.27. The molecule has 1 aromatic carbocycles. The van der Waals surface area contributed by atoms with Gasteiger partial charge in [-0.2, -0.15) is 0 Å². The number of fused-ring (bicyclic) bond motifs is 1. The van der Waals surface area contributed by atoms with Crippen LogP contribution < -0.4 is 4.84 Å². The Labute approximate surface area is 81.7 Å². The lowest BCUT2D eigenvalue weighted by Crippen LogP contribution is -2.19. The van der Waals surface area contributed by atoms with Crippen LogP contribution in [0.5, 0.6) is 5.75 Å². The van der Waals surface area contributed by atoms with Gasteiger partial charge in [0.1, 0.15) is 17.4 Å². The van der Waals surface area contributed by atoms with Crippen molar-refractivity contribution in [3.8, 4) is 5.75 Å². The summed E-state index contributed by atoms with van der Waals surface area (Å²) in [5.74, 6) is 0.214. The Morgan fingerprint density at radius 1 is 1.43 bits per heavy atom. The van der Waals surface area contributed by atoms with Crippen LogP contribution in [0.2, 0.25) is 0 Å². The smallest absolute Gasteiger partial charge is 0.121 e. The van der Waals surface area contributed by atoms with Crippen molar-refractivity contribution in [2.45, 2.75) is 20.0 Å². The van der Waals surface area contributed by atoms with Crippen molar-refractivity contribution in [2.75, 3.05) is 0 Å². The van der Waals surface area contributed by atoms with E-state index < -0.39 is 0 Å². The molecule has 0 spiro atoms. The highest BCUT2D eigenvalue weighted by molar-refractivity contribution is 5.79. The van der Waals surface area contributed by atoms with Gasteiger partial charge >= 0.3 is 0 Å². The van der Waals surface area contributed by atoms with Crippen LogP contribution in [0, 0.1) is 0 Å². The first-order valence-corrected chi connectivity index (χ1v) is 4.51. The molecule has 0 fully saturated rings. The average Bonchev–Trinajstić information content (AvgIpc) is 2.47. The van der Waals surface area contributed by atoms with Crippen molar-refractivity contribution < 1.29 is 9.94 Å². The van der Waals surface area contributed by atoms with Gasteiger partial charge in [0, 0.05) is 11.5 Å². The third-order valence-electron chi connectivity index (χ3n) is 1.83. The molecule has 0 unspecified atom stereocenters. The van der Waals surface area contributed by atoms with Gasteiger partial charge in [0.05, 0.1) is 6.20 Å². The Balaban J connectivity index is 2.50. The summed E-state index contributed by atoms with van der Waals surface area (Å²) in [4.78, 5) is 6.85. The molecule has 1 N–H and O–H groups in total. The van der Waals surface area contributed by atoms with E-state index in [2.05, 4.69) is 5.10 Å². The number of hydrogen-bond acceptors (Lipinski definition) is 3. The van der Waals surface area contributed by atoms with Crippen molar-refractivity contribution in [3.63, 3.8) is 0 Å². The highest BCUT2D eigenvalue weighted by atomic mass is 16.7. The maximum Gasteiger partial charge on any atom is 0.121 e. The third kappa shape index (κ3) is 1.51. The van der Waals surface area contributed by atoms with Crippen LogP contribution in [-0.2, 0) is 0 Å². The summed E-state index contributed by atoms with van der Waals surface area (Å²) in [6, 6.07) is 5.06. The first-order chi connectivity index (χ1) is 6.66. The summed E-state index contributed by atoms with van der Waals surface area (Å²) in [6.45, 7) is 3.85. The number of rotatable bonds is 2. The van der Waals surface area contributed by atoms with Gasteiger partial charge in [-0.3, -0.25) is 0 Å². The van der Waals surface area contributed by atoms with Gasteiger partial charge in [0.2, 0.25) is 0 Å². The maximum absolute atomic E-state index is 9.31. The van der Waals surface area contributed by atoms with Crippen molar-refractivity contribution in [2.24, 2.45) is 0 Å². The topological polar surface area (TPSA) is 47.3 Å². The number of nitrogens with zero attached hydrogens (tertiary/aromatic N) is 2. The molecule has 4 nitrogen and oxygen atoms in total. The lowest BCUT2D eigenvalue weighted by atomic mass is 10.2. The molecule has 2 aromatic rings.